The lowest BCUT2D eigenvalue weighted by Gasteiger charge is -2.17. The van der Waals surface area contributed by atoms with Crippen molar-refractivity contribution in [3.8, 4) is 17.2 Å². The van der Waals surface area contributed by atoms with Gasteiger partial charge in [-0.25, -0.2) is 0 Å². The molecule has 5 heteroatoms. The van der Waals surface area contributed by atoms with Gasteiger partial charge in [0.05, 0.1) is 7.11 Å². The number of fused-ring (bicyclic) bond motifs is 1. The first kappa shape index (κ1) is 16.2. The predicted molar refractivity (Wildman–Crippen MR) is 90.4 cm³/mol. The Kier molecular flexibility index (Phi) is 4.89. The number of methoxy groups -OCH3 is 1. The van der Waals surface area contributed by atoms with Crippen LogP contribution in [0.3, 0.4) is 0 Å². The number of ether oxygens (including phenoxy) is 3. The van der Waals surface area contributed by atoms with Crippen LogP contribution in [-0.2, 0) is 17.8 Å². The van der Waals surface area contributed by atoms with Crippen molar-refractivity contribution < 1.29 is 19.0 Å². The van der Waals surface area contributed by atoms with Crippen molar-refractivity contribution in [1.29, 1.82) is 0 Å². The molecule has 0 saturated carbocycles. The predicted octanol–water partition coefficient (Wildman–Crippen LogP) is 3.02. The summed E-state index contributed by atoms with van der Waals surface area (Å²) in [5, 5.41) is 0. The van der Waals surface area contributed by atoms with E-state index in [1.807, 2.05) is 49.5 Å². The SMILES string of the molecule is COc1ccc(CN(C)C(=O)CCc2ccc3c(c2)OCO3)cc1. The van der Waals surface area contributed by atoms with Crippen LogP contribution >= 0.6 is 0 Å². The minimum absolute atomic E-state index is 0.114. The Morgan fingerprint density at radius 1 is 1.08 bits per heavy atom. The summed E-state index contributed by atoms with van der Waals surface area (Å²) >= 11 is 0. The van der Waals surface area contributed by atoms with Crippen molar-refractivity contribution in [2.45, 2.75) is 19.4 Å². The topological polar surface area (TPSA) is 48.0 Å². The molecule has 5 nitrogen and oxygen atoms in total. The molecule has 0 aromatic heterocycles. The third kappa shape index (κ3) is 3.79. The highest BCUT2D eigenvalue weighted by atomic mass is 16.7. The fourth-order valence-corrected chi connectivity index (χ4v) is 2.63. The maximum absolute atomic E-state index is 12.3. The Bertz CT molecular complexity index is 712. The van der Waals surface area contributed by atoms with Gasteiger partial charge in [-0.1, -0.05) is 18.2 Å². The van der Waals surface area contributed by atoms with Crippen LogP contribution in [0.4, 0.5) is 0 Å². The molecule has 0 aliphatic carbocycles. The molecule has 0 spiro atoms. The summed E-state index contributed by atoms with van der Waals surface area (Å²) in [5.41, 5.74) is 2.15. The van der Waals surface area contributed by atoms with Gasteiger partial charge in [0, 0.05) is 20.0 Å². The number of hydrogen-bond acceptors (Lipinski definition) is 4. The van der Waals surface area contributed by atoms with Gasteiger partial charge >= 0.3 is 0 Å². The lowest BCUT2D eigenvalue weighted by Crippen LogP contribution is -2.26. The molecule has 1 aliphatic rings. The molecular weight excluding hydrogens is 306 g/mol. The summed E-state index contributed by atoms with van der Waals surface area (Å²) in [6.07, 6.45) is 1.15. The first-order valence-corrected chi connectivity index (χ1v) is 7.91. The first-order valence-electron chi connectivity index (χ1n) is 7.91. The quantitative estimate of drug-likeness (QED) is 0.818. The average molecular weight is 327 g/mol. The monoisotopic (exact) mass is 327 g/mol. The molecule has 0 unspecified atom stereocenters. The van der Waals surface area contributed by atoms with E-state index in [-0.39, 0.29) is 12.7 Å². The molecule has 0 saturated heterocycles. The van der Waals surface area contributed by atoms with Crippen LogP contribution in [0.15, 0.2) is 42.5 Å². The third-order valence-corrected chi connectivity index (χ3v) is 4.07. The summed E-state index contributed by atoms with van der Waals surface area (Å²) in [4.78, 5) is 14.1. The number of nitrogens with zero attached hydrogens (tertiary/aromatic N) is 1. The number of carbonyl (C=O) groups excluding carboxylic acids is 1. The molecule has 126 valence electrons. The number of benzene rings is 2. The van der Waals surface area contributed by atoms with Crippen LogP contribution in [-0.4, -0.2) is 31.8 Å². The molecule has 0 fully saturated rings. The molecule has 1 heterocycles. The van der Waals surface area contributed by atoms with E-state index in [9.17, 15) is 4.79 Å². The standard InChI is InChI=1S/C19H21NO4/c1-20(12-15-3-7-16(22-2)8-4-15)19(21)10-6-14-5-9-17-18(11-14)24-13-23-17/h3-5,7-9,11H,6,10,12-13H2,1-2H3. The molecule has 0 bridgehead atoms. The van der Waals surface area contributed by atoms with Gasteiger partial charge in [0.25, 0.3) is 0 Å². The molecule has 2 aromatic rings. The smallest absolute Gasteiger partial charge is 0.231 e. The van der Waals surface area contributed by atoms with Crippen LogP contribution in [0, 0.1) is 0 Å². The second-order valence-corrected chi connectivity index (χ2v) is 5.79. The Balaban J connectivity index is 1.52. The van der Waals surface area contributed by atoms with E-state index in [1.54, 1.807) is 12.0 Å². The van der Waals surface area contributed by atoms with E-state index in [0.29, 0.717) is 19.4 Å². The van der Waals surface area contributed by atoms with Crippen molar-refractivity contribution in [2.24, 2.45) is 0 Å². The van der Waals surface area contributed by atoms with Crippen LogP contribution in [0.2, 0.25) is 0 Å². The Morgan fingerprint density at radius 3 is 2.54 bits per heavy atom. The number of hydrogen-bond donors (Lipinski definition) is 0. The van der Waals surface area contributed by atoms with Gasteiger partial charge in [-0.2, -0.15) is 0 Å². The Morgan fingerprint density at radius 2 is 1.79 bits per heavy atom. The van der Waals surface area contributed by atoms with Crippen molar-refractivity contribution in [3.05, 3.63) is 53.6 Å². The number of rotatable bonds is 6. The van der Waals surface area contributed by atoms with Gasteiger partial charge in [-0.05, 0) is 41.8 Å². The Hall–Kier alpha value is -2.69. The van der Waals surface area contributed by atoms with Crippen LogP contribution in [0.5, 0.6) is 17.2 Å². The van der Waals surface area contributed by atoms with E-state index in [0.717, 1.165) is 28.4 Å². The highest BCUT2D eigenvalue weighted by Gasteiger charge is 2.14. The van der Waals surface area contributed by atoms with E-state index in [1.165, 1.54) is 0 Å². The minimum atomic E-state index is 0.114. The van der Waals surface area contributed by atoms with Crippen molar-refractivity contribution in [1.82, 2.24) is 4.90 Å². The van der Waals surface area contributed by atoms with E-state index in [2.05, 4.69) is 0 Å². The fourth-order valence-electron chi connectivity index (χ4n) is 2.63. The van der Waals surface area contributed by atoms with E-state index < -0.39 is 0 Å². The lowest BCUT2D eigenvalue weighted by molar-refractivity contribution is -0.130. The third-order valence-electron chi connectivity index (χ3n) is 4.07. The zero-order valence-electron chi connectivity index (χ0n) is 14.0. The normalized spacial score (nSPS) is 12.1. The van der Waals surface area contributed by atoms with Gasteiger partial charge in [0.1, 0.15) is 5.75 Å². The molecular formula is C19H21NO4. The molecule has 3 rings (SSSR count). The highest BCUT2D eigenvalue weighted by molar-refractivity contribution is 5.76. The molecule has 0 radical (unpaired) electrons. The van der Waals surface area contributed by atoms with Gasteiger partial charge < -0.3 is 19.1 Å². The summed E-state index contributed by atoms with van der Waals surface area (Å²) < 4.78 is 15.8. The summed E-state index contributed by atoms with van der Waals surface area (Å²) in [7, 11) is 3.47. The minimum Gasteiger partial charge on any atom is -0.497 e. The fraction of sp³-hybridized carbons (Fsp3) is 0.316. The highest BCUT2D eigenvalue weighted by Crippen LogP contribution is 2.32. The zero-order chi connectivity index (χ0) is 16.9. The maximum atomic E-state index is 12.3. The molecule has 2 aromatic carbocycles. The van der Waals surface area contributed by atoms with Crippen LogP contribution < -0.4 is 14.2 Å². The van der Waals surface area contributed by atoms with E-state index in [4.69, 9.17) is 14.2 Å². The van der Waals surface area contributed by atoms with Crippen LogP contribution in [0.25, 0.3) is 0 Å². The van der Waals surface area contributed by atoms with Crippen molar-refractivity contribution in [3.63, 3.8) is 0 Å². The number of amides is 1. The second kappa shape index (κ2) is 7.25. The summed E-state index contributed by atoms with van der Waals surface area (Å²) in [6.45, 7) is 0.853. The van der Waals surface area contributed by atoms with Crippen molar-refractivity contribution in [2.75, 3.05) is 21.0 Å². The Labute approximate surface area is 141 Å². The summed E-state index contributed by atoms with van der Waals surface area (Å²) in [6, 6.07) is 13.6. The van der Waals surface area contributed by atoms with Gasteiger partial charge in [0.2, 0.25) is 12.7 Å². The molecule has 0 N–H and O–H groups in total. The maximum Gasteiger partial charge on any atom is 0.231 e. The lowest BCUT2D eigenvalue weighted by atomic mass is 10.1. The van der Waals surface area contributed by atoms with Gasteiger partial charge in [0.15, 0.2) is 11.5 Å². The molecule has 0 atom stereocenters. The van der Waals surface area contributed by atoms with E-state index >= 15 is 0 Å². The molecule has 1 aliphatic heterocycles. The largest absolute Gasteiger partial charge is 0.497 e. The number of aryl methyl sites for hydroxylation is 1. The van der Waals surface area contributed by atoms with Crippen LogP contribution in [0.1, 0.15) is 17.5 Å². The number of carbonyl (C=O) groups is 1. The van der Waals surface area contributed by atoms with Gasteiger partial charge in [-0.3, -0.25) is 4.79 Å². The summed E-state index contributed by atoms with van der Waals surface area (Å²) in [5.74, 6) is 2.45. The molecule has 24 heavy (non-hydrogen) atoms. The average Bonchev–Trinajstić information content (AvgIpc) is 3.08. The van der Waals surface area contributed by atoms with Crippen molar-refractivity contribution >= 4 is 5.91 Å². The van der Waals surface area contributed by atoms with Gasteiger partial charge in [-0.15, -0.1) is 0 Å². The zero-order valence-corrected chi connectivity index (χ0v) is 14.0. The molecule has 1 amide bonds. The second-order valence-electron chi connectivity index (χ2n) is 5.79. The first-order chi connectivity index (χ1) is 11.7.